The summed E-state index contributed by atoms with van der Waals surface area (Å²) in [5, 5.41) is 10.1. The summed E-state index contributed by atoms with van der Waals surface area (Å²) in [5.74, 6) is -0.175. The highest BCUT2D eigenvalue weighted by atomic mass is 19.3. The number of aliphatic hydroxyl groups excluding tert-OH is 1. The zero-order valence-electron chi connectivity index (χ0n) is 11.7. The first-order valence-corrected chi connectivity index (χ1v) is 7.03. The first kappa shape index (κ1) is 15.9. The van der Waals surface area contributed by atoms with Crippen molar-refractivity contribution in [2.24, 2.45) is 0 Å². The van der Waals surface area contributed by atoms with E-state index in [1.807, 2.05) is 12.1 Å². The molecule has 116 valence electrons. The highest BCUT2D eigenvalue weighted by Gasteiger charge is 2.24. The van der Waals surface area contributed by atoms with Crippen LogP contribution in [-0.2, 0) is 9.53 Å². The Bertz CT molecular complexity index is 482. The van der Waals surface area contributed by atoms with E-state index in [1.165, 1.54) is 0 Å². The molecule has 4 nitrogen and oxygen atoms in total. The van der Waals surface area contributed by atoms with Crippen molar-refractivity contribution >= 4 is 11.6 Å². The van der Waals surface area contributed by atoms with Crippen LogP contribution in [0.4, 0.5) is 14.5 Å². The van der Waals surface area contributed by atoms with Crippen molar-refractivity contribution in [2.45, 2.75) is 31.8 Å². The van der Waals surface area contributed by atoms with Crippen LogP contribution < -0.4 is 4.90 Å². The number of anilines is 1. The molecule has 0 aromatic heterocycles. The summed E-state index contributed by atoms with van der Waals surface area (Å²) < 4.78 is 28.7. The number of aliphatic hydroxyl groups is 1. The van der Waals surface area contributed by atoms with Crippen molar-refractivity contribution in [2.75, 3.05) is 24.7 Å². The van der Waals surface area contributed by atoms with Gasteiger partial charge in [0.05, 0.1) is 19.1 Å². The highest BCUT2D eigenvalue weighted by Crippen LogP contribution is 2.32. The molecule has 1 aromatic rings. The van der Waals surface area contributed by atoms with Crippen LogP contribution in [0.5, 0.6) is 0 Å². The predicted octanol–water partition coefficient (Wildman–Crippen LogP) is 2.52. The number of fused-ring (bicyclic) bond motifs is 1. The van der Waals surface area contributed by atoms with Gasteiger partial charge in [-0.05, 0) is 18.9 Å². The zero-order valence-corrected chi connectivity index (χ0v) is 11.7. The van der Waals surface area contributed by atoms with Gasteiger partial charge in [-0.25, -0.2) is 8.78 Å². The van der Waals surface area contributed by atoms with E-state index < -0.39 is 19.1 Å². The maximum absolute atomic E-state index is 12.2. The van der Waals surface area contributed by atoms with E-state index >= 15 is 0 Å². The number of nitrogens with zero attached hydrogens (tertiary/aromatic N) is 1. The van der Waals surface area contributed by atoms with E-state index in [0.717, 1.165) is 5.56 Å². The fourth-order valence-electron chi connectivity index (χ4n) is 2.46. The lowest BCUT2D eigenvalue weighted by Gasteiger charge is -2.23. The number of carbonyl (C=O) groups is 1. The summed E-state index contributed by atoms with van der Waals surface area (Å²) in [5.41, 5.74) is 1.43. The van der Waals surface area contributed by atoms with Gasteiger partial charge in [0.1, 0.15) is 6.61 Å². The predicted molar refractivity (Wildman–Crippen MR) is 74.4 cm³/mol. The number of benzene rings is 1. The third-order valence-corrected chi connectivity index (χ3v) is 3.45. The SMILES string of the molecule is O=C(CCOCC(F)F)N1CCCC(O)c2ccccc21. The van der Waals surface area contributed by atoms with Crippen LogP contribution in [0.1, 0.15) is 30.9 Å². The molecule has 2 rings (SSSR count). The monoisotopic (exact) mass is 299 g/mol. The second kappa shape index (κ2) is 7.47. The van der Waals surface area contributed by atoms with Crippen LogP contribution in [0.3, 0.4) is 0 Å². The summed E-state index contributed by atoms with van der Waals surface area (Å²) in [6.07, 6.45) is -1.75. The number of para-hydroxylation sites is 1. The molecular formula is C15H19F2NO3. The van der Waals surface area contributed by atoms with Crippen LogP contribution in [0.15, 0.2) is 24.3 Å². The van der Waals surface area contributed by atoms with E-state index in [1.54, 1.807) is 17.0 Å². The molecule has 21 heavy (non-hydrogen) atoms. The molecule has 1 aliphatic rings. The van der Waals surface area contributed by atoms with Gasteiger partial charge >= 0.3 is 0 Å². The van der Waals surface area contributed by atoms with Gasteiger partial charge in [0, 0.05) is 17.8 Å². The minimum atomic E-state index is -2.52. The van der Waals surface area contributed by atoms with Crippen molar-refractivity contribution in [3.05, 3.63) is 29.8 Å². The van der Waals surface area contributed by atoms with Crippen molar-refractivity contribution in [3.8, 4) is 0 Å². The van der Waals surface area contributed by atoms with Gasteiger partial charge in [0.15, 0.2) is 0 Å². The van der Waals surface area contributed by atoms with Crippen LogP contribution in [0.2, 0.25) is 0 Å². The molecule has 0 aliphatic carbocycles. The van der Waals surface area contributed by atoms with Gasteiger partial charge in [-0.3, -0.25) is 4.79 Å². The van der Waals surface area contributed by atoms with E-state index in [0.29, 0.717) is 25.1 Å². The fourth-order valence-corrected chi connectivity index (χ4v) is 2.46. The number of hydrogen-bond donors (Lipinski definition) is 1. The third-order valence-electron chi connectivity index (χ3n) is 3.45. The van der Waals surface area contributed by atoms with Gasteiger partial charge in [-0.2, -0.15) is 0 Å². The molecule has 0 saturated carbocycles. The Labute approximate surface area is 122 Å². The molecule has 6 heteroatoms. The summed E-state index contributed by atoms with van der Waals surface area (Å²) in [4.78, 5) is 13.9. The maximum Gasteiger partial charge on any atom is 0.261 e. The van der Waals surface area contributed by atoms with Crippen molar-refractivity contribution in [3.63, 3.8) is 0 Å². The second-order valence-electron chi connectivity index (χ2n) is 4.98. The Morgan fingerprint density at radius 3 is 2.95 bits per heavy atom. The lowest BCUT2D eigenvalue weighted by Crippen LogP contribution is -2.32. The van der Waals surface area contributed by atoms with Gasteiger partial charge in [0.25, 0.3) is 6.43 Å². The van der Waals surface area contributed by atoms with Gasteiger partial charge in [-0.15, -0.1) is 0 Å². The van der Waals surface area contributed by atoms with Gasteiger partial charge < -0.3 is 14.7 Å². The number of carbonyl (C=O) groups excluding carboxylic acids is 1. The molecule has 1 heterocycles. The first-order chi connectivity index (χ1) is 10.1. The number of hydrogen-bond acceptors (Lipinski definition) is 3. The van der Waals surface area contributed by atoms with Crippen molar-refractivity contribution < 1.29 is 23.4 Å². The molecule has 1 atom stereocenters. The first-order valence-electron chi connectivity index (χ1n) is 7.03. The zero-order chi connectivity index (χ0) is 15.2. The summed E-state index contributed by atoms with van der Waals surface area (Å²) in [6, 6.07) is 7.23. The smallest absolute Gasteiger partial charge is 0.261 e. The molecule has 1 unspecified atom stereocenters. The largest absolute Gasteiger partial charge is 0.388 e. The number of alkyl halides is 2. The van der Waals surface area contributed by atoms with Crippen LogP contribution in [-0.4, -0.2) is 37.2 Å². The summed E-state index contributed by atoms with van der Waals surface area (Å²) in [7, 11) is 0. The lowest BCUT2D eigenvalue weighted by molar-refractivity contribution is -0.120. The molecule has 1 amide bonds. The summed E-state index contributed by atoms with van der Waals surface area (Å²) in [6.45, 7) is -0.158. The highest BCUT2D eigenvalue weighted by molar-refractivity contribution is 5.94. The van der Waals surface area contributed by atoms with Gasteiger partial charge in [0.2, 0.25) is 5.91 Å². The molecule has 0 radical (unpaired) electrons. The Balaban J connectivity index is 2.01. The standard InChI is InChI=1S/C15H19F2NO3/c16-14(17)10-21-9-7-15(20)18-8-3-6-13(19)11-4-1-2-5-12(11)18/h1-2,4-5,13-14,19H,3,6-10H2. The van der Waals surface area contributed by atoms with E-state index in [9.17, 15) is 18.7 Å². The Hall–Kier alpha value is -1.53. The molecule has 1 N–H and O–H groups in total. The van der Waals surface area contributed by atoms with Crippen LogP contribution in [0, 0.1) is 0 Å². The van der Waals surface area contributed by atoms with E-state index in [4.69, 9.17) is 4.74 Å². The average Bonchev–Trinajstić information content (AvgIpc) is 2.63. The molecule has 0 saturated heterocycles. The van der Waals surface area contributed by atoms with Gasteiger partial charge in [-0.1, -0.05) is 18.2 Å². The summed E-state index contributed by atoms with van der Waals surface area (Å²) >= 11 is 0. The fraction of sp³-hybridized carbons (Fsp3) is 0.533. The molecule has 0 fully saturated rings. The third kappa shape index (κ3) is 4.22. The average molecular weight is 299 g/mol. The minimum Gasteiger partial charge on any atom is -0.388 e. The number of rotatable bonds is 5. The number of amides is 1. The minimum absolute atomic E-state index is 0.0234. The Morgan fingerprint density at radius 2 is 2.19 bits per heavy atom. The topological polar surface area (TPSA) is 49.8 Å². The molecule has 0 spiro atoms. The van der Waals surface area contributed by atoms with Crippen molar-refractivity contribution in [1.82, 2.24) is 0 Å². The van der Waals surface area contributed by atoms with E-state index in [2.05, 4.69) is 0 Å². The van der Waals surface area contributed by atoms with Crippen LogP contribution in [0.25, 0.3) is 0 Å². The molecule has 0 bridgehead atoms. The second-order valence-corrected chi connectivity index (χ2v) is 4.98. The molecular weight excluding hydrogens is 280 g/mol. The van der Waals surface area contributed by atoms with Crippen LogP contribution >= 0.6 is 0 Å². The number of halogens is 2. The Kier molecular flexibility index (Phi) is 5.64. The molecule has 1 aliphatic heterocycles. The van der Waals surface area contributed by atoms with Crippen molar-refractivity contribution in [1.29, 1.82) is 0 Å². The molecule has 1 aromatic carbocycles. The Morgan fingerprint density at radius 1 is 1.43 bits per heavy atom. The normalized spacial score (nSPS) is 18.5. The van der Waals surface area contributed by atoms with E-state index in [-0.39, 0.29) is 18.9 Å². The number of ether oxygens (including phenoxy) is 1. The maximum atomic E-state index is 12.2. The quantitative estimate of drug-likeness (QED) is 0.850. The lowest BCUT2D eigenvalue weighted by atomic mass is 10.0.